The molecular weight excluding hydrogens is 292 g/mol. The molecule has 0 fully saturated rings. The topological polar surface area (TPSA) is 67.8 Å². The summed E-state index contributed by atoms with van der Waals surface area (Å²) in [6.07, 6.45) is 4.28. The molecule has 1 amide bonds. The molecule has 0 bridgehead atoms. The van der Waals surface area contributed by atoms with Crippen LogP contribution in [0.1, 0.15) is 30.1 Å². The number of nitrogens with zero attached hydrogens (tertiary/aromatic N) is 3. The molecule has 20 heavy (non-hydrogen) atoms. The average molecular weight is 308 g/mol. The van der Waals surface area contributed by atoms with Crippen molar-refractivity contribution in [2.75, 3.05) is 5.75 Å². The Hall–Kier alpha value is -1.47. The van der Waals surface area contributed by atoms with Gasteiger partial charge in [0, 0.05) is 23.5 Å². The summed E-state index contributed by atoms with van der Waals surface area (Å²) < 4.78 is 0. The first-order chi connectivity index (χ1) is 9.69. The molecule has 2 aromatic rings. The molecule has 0 unspecified atom stereocenters. The molecule has 0 radical (unpaired) electrons. The van der Waals surface area contributed by atoms with Crippen LogP contribution in [0.4, 0.5) is 0 Å². The van der Waals surface area contributed by atoms with E-state index in [4.69, 9.17) is 0 Å². The van der Waals surface area contributed by atoms with Crippen LogP contribution in [0, 0.1) is 6.92 Å². The molecule has 7 heteroatoms. The predicted molar refractivity (Wildman–Crippen MR) is 80.8 cm³/mol. The summed E-state index contributed by atoms with van der Waals surface area (Å²) in [6, 6.07) is 1.82. The van der Waals surface area contributed by atoms with E-state index >= 15 is 0 Å². The van der Waals surface area contributed by atoms with Crippen molar-refractivity contribution in [3.05, 3.63) is 34.5 Å². The van der Waals surface area contributed by atoms with Crippen LogP contribution in [-0.4, -0.2) is 26.6 Å². The average Bonchev–Trinajstić information content (AvgIpc) is 2.96. The Morgan fingerprint density at radius 3 is 2.95 bits per heavy atom. The maximum Gasteiger partial charge on any atom is 0.231 e. The summed E-state index contributed by atoms with van der Waals surface area (Å²) in [5.74, 6) is 0.285. The van der Waals surface area contributed by atoms with Crippen molar-refractivity contribution in [3.8, 4) is 0 Å². The van der Waals surface area contributed by atoms with Crippen LogP contribution in [0.3, 0.4) is 0 Å². The molecule has 2 heterocycles. The van der Waals surface area contributed by atoms with Crippen LogP contribution in [-0.2, 0) is 4.79 Å². The number of carbonyl (C=O) groups excluding carboxylic acids is 1. The Bertz CT molecular complexity index is 559. The fraction of sp³-hybridized carbons (Fsp3) is 0.385. The van der Waals surface area contributed by atoms with Crippen molar-refractivity contribution in [2.45, 2.75) is 31.5 Å². The molecule has 1 atom stereocenters. The maximum absolute atomic E-state index is 12.0. The third-order valence-corrected chi connectivity index (χ3v) is 4.35. The number of amides is 1. The van der Waals surface area contributed by atoms with Crippen molar-refractivity contribution in [1.82, 2.24) is 20.3 Å². The molecule has 0 aliphatic carbocycles. The Morgan fingerprint density at radius 1 is 1.45 bits per heavy atom. The van der Waals surface area contributed by atoms with E-state index in [9.17, 15) is 4.79 Å². The van der Waals surface area contributed by atoms with Crippen molar-refractivity contribution in [3.63, 3.8) is 0 Å². The summed E-state index contributed by atoms with van der Waals surface area (Å²) in [4.78, 5) is 24.6. The molecule has 2 rings (SSSR count). The van der Waals surface area contributed by atoms with E-state index in [0.717, 1.165) is 17.1 Å². The maximum atomic E-state index is 12.0. The second kappa shape index (κ2) is 7.35. The van der Waals surface area contributed by atoms with Crippen LogP contribution in [0.25, 0.3) is 0 Å². The largest absolute Gasteiger partial charge is 0.346 e. The van der Waals surface area contributed by atoms with E-state index in [2.05, 4.69) is 20.3 Å². The number of thiazole rings is 1. The summed E-state index contributed by atoms with van der Waals surface area (Å²) in [7, 11) is 0. The minimum absolute atomic E-state index is 0.0125. The molecule has 106 valence electrons. The number of hydrogen-bond acceptors (Lipinski definition) is 6. The van der Waals surface area contributed by atoms with Crippen molar-refractivity contribution >= 4 is 29.0 Å². The molecule has 0 aliphatic rings. The Labute approximate surface area is 126 Å². The summed E-state index contributed by atoms with van der Waals surface area (Å²) in [5.41, 5.74) is 0.900. The molecule has 0 spiro atoms. The lowest BCUT2D eigenvalue weighted by Gasteiger charge is -2.13. The number of aryl methyl sites for hydroxylation is 1. The molecule has 0 saturated heterocycles. The first kappa shape index (κ1) is 14.9. The van der Waals surface area contributed by atoms with Gasteiger partial charge in [-0.1, -0.05) is 18.7 Å². The van der Waals surface area contributed by atoms with E-state index in [0.29, 0.717) is 10.9 Å². The number of thioether (sulfide) groups is 1. The van der Waals surface area contributed by atoms with Crippen LogP contribution in [0.15, 0.2) is 29.0 Å². The lowest BCUT2D eigenvalue weighted by atomic mass is 10.2. The lowest BCUT2D eigenvalue weighted by Crippen LogP contribution is -2.29. The highest BCUT2D eigenvalue weighted by Crippen LogP contribution is 2.19. The van der Waals surface area contributed by atoms with Crippen LogP contribution in [0.5, 0.6) is 0 Å². The fourth-order valence-corrected chi connectivity index (χ4v) is 3.07. The number of nitrogens with one attached hydrogen (secondary N) is 1. The first-order valence-corrected chi connectivity index (χ1v) is 8.16. The second-order valence-electron chi connectivity index (χ2n) is 4.17. The third kappa shape index (κ3) is 4.28. The van der Waals surface area contributed by atoms with E-state index in [1.807, 2.05) is 25.3 Å². The number of aromatic nitrogens is 3. The van der Waals surface area contributed by atoms with Gasteiger partial charge in [0.2, 0.25) is 5.91 Å². The monoisotopic (exact) mass is 308 g/mol. The van der Waals surface area contributed by atoms with E-state index in [1.165, 1.54) is 11.8 Å². The minimum atomic E-state index is -0.0258. The minimum Gasteiger partial charge on any atom is -0.346 e. The standard InChI is InChI=1S/C13H16N4OS2/c1-3-10(12-14-6-7-19-12)17-11(18)8-20-13-15-5-4-9(2)16-13/h4-7,10H,3,8H2,1-2H3,(H,17,18)/t10-/m1/s1. The molecule has 0 aromatic carbocycles. The third-order valence-electron chi connectivity index (χ3n) is 2.60. The molecular formula is C13H16N4OS2. The molecule has 2 aromatic heterocycles. The predicted octanol–water partition coefficient (Wildman–Crippen LogP) is 2.60. The smallest absolute Gasteiger partial charge is 0.231 e. The van der Waals surface area contributed by atoms with Gasteiger partial charge in [-0.2, -0.15) is 0 Å². The number of hydrogen-bond donors (Lipinski definition) is 1. The van der Waals surface area contributed by atoms with Crippen LogP contribution >= 0.6 is 23.1 Å². The lowest BCUT2D eigenvalue weighted by molar-refractivity contribution is -0.119. The zero-order valence-electron chi connectivity index (χ0n) is 11.4. The fourth-order valence-electron chi connectivity index (χ4n) is 1.61. The van der Waals surface area contributed by atoms with Gasteiger partial charge in [0.1, 0.15) is 5.01 Å². The Morgan fingerprint density at radius 2 is 2.30 bits per heavy atom. The Kier molecular flexibility index (Phi) is 5.49. The SMILES string of the molecule is CC[C@@H](NC(=O)CSc1nccc(C)n1)c1nccs1. The number of carbonyl (C=O) groups is 1. The van der Waals surface area contributed by atoms with Gasteiger partial charge in [0.15, 0.2) is 5.16 Å². The van der Waals surface area contributed by atoms with Crippen molar-refractivity contribution in [1.29, 1.82) is 0 Å². The highest BCUT2D eigenvalue weighted by Gasteiger charge is 2.15. The van der Waals surface area contributed by atoms with Gasteiger partial charge in [0.05, 0.1) is 11.8 Å². The molecule has 0 saturated carbocycles. The van der Waals surface area contributed by atoms with Crippen molar-refractivity contribution < 1.29 is 4.79 Å². The zero-order chi connectivity index (χ0) is 14.4. The quantitative estimate of drug-likeness (QED) is 0.656. The van der Waals surface area contributed by atoms with Gasteiger partial charge < -0.3 is 5.32 Å². The van der Waals surface area contributed by atoms with E-state index in [1.54, 1.807) is 23.7 Å². The number of rotatable bonds is 6. The first-order valence-electron chi connectivity index (χ1n) is 6.30. The van der Waals surface area contributed by atoms with Crippen LogP contribution in [0.2, 0.25) is 0 Å². The molecule has 0 aliphatic heterocycles. The van der Waals surface area contributed by atoms with Crippen LogP contribution < -0.4 is 5.32 Å². The van der Waals surface area contributed by atoms with E-state index in [-0.39, 0.29) is 11.9 Å². The highest BCUT2D eigenvalue weighted by atomic mass is 32.2. The van der Waals surface area contributed by atoms with Gasteiger partial charge in [0.25, 0.3) is 0 Å². The highest BCUT2D eigenvalue weighted by molar-refractivity contribution is 7.99. The van der Waals surface area contributed by atoms with E-state index < -0.39 is 0 Å². The molecule has 5 nitrogen and oxygen atoms in total. The van der Waals surface area contributed by atoms with Crippen molar-refractivity contribution in [2.24, 2.45) is 0 Å². The van der Waals surface area contributed by atoms with Gasteiger partial charge >= 0.3 is 0 Å². The van der Waals surface area contributed by atoms with Gasteiger partial charge in [-0.25, -0.2) is 15.0 Å². The summed E-state index contributed by atoms with van der Waals surface area (Å²) in [5, 5.41) is 6.47. The zero-order valence-corrected chi connectivity index (χ0v) is 13.0. The molecule has 1 N–H and O–H groups in total. The summed E-state index contributed by atoms with van der Waals surface area (Å²) >= 11 is 2.90. The second-order valence-corrected chi connectivity index (χ2v) is 6.04. The Balaban J connectivity index is 1.86. The van der Waals surface area contributed by atoms with Gasteiger partial charge in [-0.3, -0.25) is 4.79 Å². The van der Waals surface area contributed by atoms with Gasteiger partial charge in [-0.15, -0.1) is 11.3 Å². The summed E-state index contributed by atoms with van der Waals surface area (Å²) in [6.45, 7) is 3.94. The normalized spacial score (nSPS) is 12.1. The van der Waals surface area contributed by atoms with Gasteiger partial charge in [-0.05, 0) is 19.4 Å².